The van der Waals surface area contributed by atoms with E-state index in [-0.39, 0.29) is 11.8 Å². The molecule has 0 aromatic carbocycles. The summed E-state index contributed by atoms with van der Waals surface area (Å²) in [6, 6.07) is 4.05. The first-order chi connectivity index (χ1) is 10.7. The molecule has 22 heavy (non-hydrogen) atoms. The predicted octanol–water partition coefficient (Wildman–Crippen LogP) is 0.910. The molecule has 2 aromatic heterocycles. The fraction of sp³-hybridized carbons (Fsp3) is 0.438. The van der Waals surface area contributed by atoms with Crippen LogP contribution >= 0.6 is 0 Å². The zero-order valence-corrected chi connectivity index (χ0v) is 12.6. The summed E-state index contributed by atoms with van der Waals surface area (Å²) < 4.78 is 1.74. The molecule has 2 fully saturated rings. The molecule has 2 aliphatic rings. The smallest absolute Gasteiger partial charge is 0.231 e. The van der Waals surface area contributed by atoms with E-state index in [1.165, 1.54) is 5.56 Å². The van der Waals surface area contributed by atoms with Gasteiger partial charge in [0.05, 0.1) is 17.8 Å². The van der Waals surface area contributed by atoms with Crippen LogP contribution in [0.3, 0.4) is 0 Å². The summed E-state index contributed by atoms with van der Waals surface area (Å²) in [5.74, 6) is 0.785. The molecule has 2 aliphatic heterocycles. The summed E-state index contributed by atoms with van der Waals surface area (Å²) in [5, 5.41) is 4.17. The highest BCUT2D eigenvalue weighted by Gasteiger charge is 2.46. The molecule has 0 aliphatic carbocycles. The van der Waals surface area contributed by atoms with Gasteiger partial charge in [-0.05, 0) is 11.6 Å². The van der Waals surface area contributed by atoms with Gasteiger partial charge in [0, 0.05) is 57.7 Å². The molecule has 2 saturated heterocycles. The van der Waals surface area contributed by atoms with Crippen LogP contribution in [0.1, 0.15) is 5.56 Å². The van der Waals surface area contributed by atoms with Crippen molar-refractivity contribution >= 4 is 11.6 Å². The maximum atomic E-state index is 12.6. The van der Waals surface area contributed by atoms with Crippen LogP contribution in [0.4, 0.5) is 5.69 Å². The molecular weight excluding hydrogens is 278 g/mol. The van der Waals surface area contributed by atoms with Crippen molar-refractivity contribution < 1.29 is 4.79 Å². The first-order valence-electron chi connectivity index (χ1n) is 7.62. The SMILES string of the molecule is Cn1cc(N2C[C@@H]3CN(Cc4cccnc4)C[C@@H]3C2=O)cn1. The Morgan fingerprint density at radius 1 is 1.27 bits per heavy atom. The lowest BCUT2D eigenvalue weighted by Crippen LogP contribution is -2.32. The summed E-state index contributed by atoms with van der Waals surface area (Å²) >= 11 is 0. The van der Waals surface area contributed by atoms with Gasteiger partial charge in [-0.15, -0.1) is 0 Å². The number of anilines is 1. The zero-order chi connectivity index (χ0) is 15.1. The van der Waals surface area contributed by atoms with E-state index in [0.29, 0.717) is 5.92 Å². The number of hydrogen-bond acceptors (Lipinski definition) is 4. The van der Waals surface area contributed by atoms with Gasteiger partial charge in [-0.25, -0.2) is 0 Å². The topological polar surface area (TPSA) is 54.3 Å². The number of likely N-dealkylation sites (tertiary alicyclic amines) is 1. The standard InChI is InChI=1S/C16H19N5O/c1-19-10-14(6-18-19)21-9-13-8-20(11-15(13)16(21)22)7-12-3-2-4-17-5-12/h2-6,10,13,15H,7-9,11H2,1H3/t13-,15-/m0/s1. The van der Waals surface area contributed by atoms with Crippen LogP contribution in [-0.4, -0.2) is 45.2 Å². The number of carbonyl (C=O) groups is 1. The molecule has 2 atom stereocenters. The van der Waals surface area contributed by atoms with Gasteiger partial charge in [0.15, 0.2) is 0 Å². The highest BCUT2D eigenvalue weighted by Crippen LogP contribution is 2.35. The summed E-state index contributed by atoms with van der Waals surface area (Å²) in [6.45, 7) is 3.50. The molecule has 0 bridgehead atoms. The van der Waals surface area contributed by atoms with Crippen molar-refractivity contribution in [3.05, 3.63) is 42.5 Å². The average molecular weight is 297 g/mol. The maximum Gasteiger partial charge on any atom is 0.231 e. The second-order valence-corrected chi connectivity index (χ2v) is 6.24. The van der Waals surface area contributed by atoms with E-state index in [2.05, 4.69) is 21.0 Å². The molecule has 6 heteroatoms. The second-order valence-electron chi connectivity index (χ2n) is 6.24. The fourth-order valence-corrected chi connectivity index (χ4v) is 3.61. The van der Waals surface area contributed by atoms with Crippen molar-refractivity contribution in [3.8, 4) is 0 Å². The van der Waals surface area contributed by atoms with Crippen LogP contribution in [0.2, 0.25) is 0 Å². The van der Waals surface area contributed by atoms with Crippen molar-refractivity contribution in [2.24, 2.45) is 18.9 Å². The van der Waals surface area contributed by atoms with E-state index in [4.69, 9.17) is 0 Å². The summed E-state index contributed by atoms with van der Waals surface area (Å²) in [4.78, 5) is 21.1. The Labute approximate surface area is 129 Å². The van der Waals surface area contributed by atoms with Gasteiger partial charge in [-0.1, -0.05) is 6.07 Å². The van der Waals surface area contributed by atoms with E-state index in [0.717, 1.165) is 31.9 Å². The first kappa shape index (κ1) is 13.5. The number of pyridine rings is 1. The number of hydrogen-bond donors (Lipinski definition) is 0. The molecule has 2 aromatic rings. The van der Waals surface area contributed by atoms with Crippen LogP contribution in [0.25, 0.3) is 0 Å². The van der Waals surface area contributed by atoms with Gasteiger partial charge < -0.3 is 4.90 Å². The third-order valence-electron chi connectivity index (χ3n) is 4.65. The summed E-state index contributed by atoms with van der Waals surface area (Å²) in [5.41, 5.74) is 2.12. The van der Waals surface area contributed by atoms with Gasteiger partial charge in [-0.3, -0.25) is 19.4 Å². The molecule has 0 unspecified atom stereocenters. The quantitative estimate of drug-likeness (QED) is 0.845. The van der Waals surface area contributed by atoms with Crippen molar-refractivity contribution in [2.75, 3.05) is 24.5 Å². The molecule has 0 radical (unpaired) electrons. The third kappa shape index (κ3) is 2.29. The minimum Gasteiger partial charge on any atom is -0.309 e. The minimum atomic E-state index is 0.122. The van der Waals surface area contributed by atoms with Crippen LogP contribution in [0.5, 0.6) is 0 Å². The van der Waals surface area contributed by atoms with Crippen molar-refractivity contribution in [2.45, 2.75) is 6.54 Å². The normalized spacial score (nSPS) is 25.0. The lowest BCUT2D eigenvalue weighted by Gasteiger charge is -2.20. The monoisotopic (exact) mass is 297 g/mol. The Kier molecular flexibility index (Phi) is 3.18. The van der Waals surface area contributed by atoms with Crippen molar-refractivity contribution in [1.29, 1.82) is 0 Å². The number of nitrogens with zero attached hydrogens (tertiary/aromatic N) is 5. The predicted molar refractivity (Wildman–Crippen MR) is 82.1 cm³/mol. The summed E-state index contributed by atoms with van der Waals surface area (Å²) in [6.07, 6.45) is 7.37. The lowest BCUT2D eigenvalue weighted by molar-refractivity contribution is -0.120. The van der Waals surface area contributed by atoms with Crippen LogP contribution in [-0.2, 0) is 18.4 Å². The Balaban J connectivity index is 1.44. The molecule has 0 N–H and O–H groups in total. The number of fused-ring (bicyclic) bond motifs is 1. The molecule has 6 nitrogen and oxygen atoms in total. The Bertz CT molecular complexity index is 683. The number of aryl methyl sites for hydroxylation is 1. The molecule has 114 valence electrons. The fourth-order valence-electron chi connectivity index (χ4n) is 3.61. The van der Waals surface area contributed by atoms with Crippen LogP contribution in [0, 0.1) is 11.8 Å². The highest BCUT2D eigenvalue weighted by molar-refractivity contribution is 5.97. The van der Waals surface area contributed by atoms with Gasteiger partial charge in [0.25, 0.3) is 0 Å². The minimum absolute atomic E-state index is 0.122. The van der Waals surface area contributed by atoms with E-state index in [1.807, 2.05) is 30.4 Å². The lowest BCUT2D eigenvalue weighted by atomic mass is 10.0. The Morgan fingerprint density at radius 2 is 2.18 bits per heavy atom. The molecule has 4 rings (SSSR count). The maximum absolute atomic E-state index is 12.6. The Hall–Kier alpha value is -2.21. The molecule has 0 spiro atoms. The number of amides is 1. The van der Waals surface area contributed by atoms with E-state index in [9.17, 15) is 4.79 Å². The van der Waals surface area contributed by atoms with Crippen molar-refractivity contribution in [1.82, 2.24) is 19.7 Å². The van der Waals surface area contributed by atoms with Gasteiger partial charge in [0.1, 0.15) is 0 Å². The first-order valence-corrected chi connectivity index (χ1v) is 7.62. The molecule has 0 saturated carbocycles. The van der Waals surface area contributed by atoms with E-state index >= 15 is 0 Å². The van der Waals surface area contributed by atoms with Gasteiger partial charge >= 0.3 is 0 Å². The highest BCUT2D eigenvalue weighted by atomic mass is 16.2. The third-order valence-corrected chi connectivity index (χ3v) is 4.65. The van der Waals surface area contributed by atoms with E-state index < -0.39 is 0 Å². The Morgan fingerprint density at radius 3 is 2.86 bits per heavy atom. The largest absolute Gasteiger partial charge is 0.309 e. The van der Waals surface area contributed by atoms with Crippen LogP contribution in [0.15, 0.2) is 36.9 Å². The summed E-state index contributed by atoms with van der Waals surface area (Å²) in [7, 11) is 1.88. The van der Waals surface area contributed by atoms with Gasteiger partial charge in [-0.2, -0.15) is 5.10 Å². The zero-order valence-electron chi connectivity index (χ0n) is 12.6. The molecular formula is C16H19N5O. The second kappa shape index (κ2) is 5.21. The number of carbonyl (C=O) groups excluding carboxylic acids is 1. The number of aromatic nitrogens is 3. The van der Waals surface area contributed by atoms with Crippen molar-refractivity contribution in [3.63, 3.8) is 0 Å². The number of rotatable bonds is 3. The molecule has 4 heterocycles. The average Bonchev–Trinajstić information content (AvgIpc) is 3.17. The van der Waals surface area contributed by atoms with E-state index in [1.54, 1.807) is 17.1 Å². The van der Waals surface area contributed by atoms with Gasteiger partial charge in [0.2, 0.25) is 5.91 Å². The van der Waals surface area contributed by atoms with Crippen LogP contribution < -0.4 is 4.90 Å². The molecule has 1 amide bonds.